The van der Waals surface area contributed by atoms with Crippen molar-refractivity contribution in [1.82, 2.24) is 20.3 Å². The van der Waals surface area contributed by atoms with Crippen LogP contribution in [0.25, 0.3) is 11.2 Å². The number of nitrogens with zero attached hydrogens (tertiary/aromatic N) is 5. The summed E-state index contributed by atoms with van der Waals surface area (Å²) < 4.78 is 33.4. The van der Waals surface area contributed by atoms with E-state index in [1.807, 2.05) is 0 Å². The topological polar surface area (TPSA) is 124 Å². The van der Waals surface area contributed by atoms with Gasteiger partial charge in [-0.15, -0.1) is 0 Å². The summed E-state index contributed by atoms with van der Waals surface area (Å²) in [5.74, 6) is -0.421. The third-order valence-corrected chi connectivity index (χ3v) is 3.37. The van der Waals surface area contributed by atoms with Crippen LogP contribution in [-0.2, 0) is 6.42 Å². The Morgan fingerprint density at radius 2 is 2.21 bits per heavy atom. The summed E-state index contributed by atoms with van der Waals surface area (Å²) in [7, 11) is 0. The molecule has 0 bridgehead atoms. The van der Waals surface area contributed by atoms with Crippen molar-refractivity contribution in [2.24, 2.45) is 0 Å². The Morgan fingerprint density at radius 1 is 1.42 bits per heavy atom. The molecule has 0 saturated carbocycles. The number of fused-ring (bicyclic) bond motifs is 1. The lowest BCUT2D eigenvalue weighted by Crippen LogP contribution is -2.07. The van der Waals surface area contributed by atoms with E-state index < -0.39 is 12.5 Å². The fourth-order valence-corrected chi connectivity index (χ4v) is 2.27. The lowest BCUT2D eigenvalue weighted by Gasteiger charge is -2.10. The molecule has 0 atom stereocenters. The molecule has 2 N–H and O–H groups in total. The van der Waals surface area contributed by atoms with Gasteiger partial charge in [-0.2, -0.15) is 14.0 Å². The summed E-state index contributed by atoms with van der Waals surface area (Å²) in [5.41, 5.74) is 8.81. The molecule has 3 aromatic rings. The highest BCUT2D eigenvalue weighted by atomic mass is 19.3. The maximum Gasteiger partial charge on any atom is 0.388 e. The van der Waals surface area contributed by atoms with Crippen molar-refractivity contribution < 1.29 is 18.1 Å². The summed E-state index contributed by atoms with van der Waals surface area (Å²) in [6, 6.07) is 3.19. The van der Waals surface area contributed by atoms with Crippen LogP contribution in [0.1, 0.15) is 22.4 Å². The summed E-state index contributed by atoms with van der Waals surface area (Å²) in [4.78, 5) is 8.00. The van der Waals surface area contributed by atoms with Gasteiger partial charge in [0.05, 0.1) is 5.69 Å². The van der Waals surface area contributed by atoms with Gasteiger partial charge in [0.15, 0.2) is 5.52 Å². The molecular weight excluding hydrogens is 322 g/mol. The Bertz CT molecular complexity index is 950. The van der Waals surface area contributed by atoms with Crippen molar-refractivity contribution in [3.63, 3.8) is 0 Å². The van der Waals surface area contributed by atoms with Crippen LogP contribution in [0.5, 0.6) is 5.88 Å². The maximum absolute atomic E-state index is 12.3. The zero-order valence-electron chi connectivity index (χ0n) is 12.3. The monoisotopic (exact) mass is 332 g/mol. The van der Waals surface area contributed by atoms with Crippen LogP contribution in [0.4, 0.5) is 14.5 Å². The van der Waals surface area contributed by atoms with E-state index in [9.17, 15) is 8.78 Å². The molecule has 0 aliphatic carbocycles. The minimum atomic E-state index is -3.06. The molecule has 0 radical (unpaired) electrons. The van der Waals surface area contributed by atoms with Crippen LogP contribution in [0.15, 0.2) is 16.9 Å². The summed E-state index contributed by atoms with van der Waals surface area (Å²) in [6.45, 7) is -1.31. The first kappa shape index (κ1) is 15.5. The highest BCUT2D eigenvalue weighted by Gasteiger charge is 2.17. The first-order chi connectivity index (χ1) is 11.5. The van der Waals surface area contributed by atoms with Crippen molar-refractivity contribution in [1.29, 1.82) is 5.26 Å². The van der Waals surface area contributed by atoms with E-state index in [1.165, 1.54) is 12.3 Å². The van der Waals surface area contributed by atoms with Crippen molar-refractivity contribution in [3.8, 4) is 11.9 Å². The Hall–Kier alpha value is -3.35. The number of aromatic nitrogens is 4. The van der Waals surface area contributed by atoms with Crippen LogP contribution in [0.3, 0.4) is 0 Å². The SMILES string of the molecule is Cc1nc2nonc2c(N)c1Cc1cnc(OC(F)F)c(C#N)c1. The second-order valence-electron chi connectivity index (χ2n) is 4.89. The van der Waals surface area contributed by atoms with Crippen molar-refractivity contribution in [2.75, 3.05) is 5.73 Å². The number of halogens is 2. The Morgan fingerprint density at radius 3 is 2.92 bits per heavy atom. The molecule has 3 rings (SSSR count). The predicted octanol–water partition coefficient (Wildman–Crippen LogP) is 1.97. The first-order valence-electron chi connectivity index (χ1n) is 6.70. The smallest absolute Gasteiger partial charge is 0.388 e. The minimum absolute atomic E-state index is 0.0961. The molecular formula is C14H10F2N6O2. The standard InChI is InChI=1S/C14H10F2N6O2/c1-6-9(10(18)11-12(20-6)22-24-21-11)3-7-2-8(4-17)13(19-5-7)23-14(15)16/h2,5,14H,3,18H2,1H3. The van der Waals surface area contributed by atoms with E-state index in [0.717, 1.165) is 0 Å². The molecule has 3 aromatic heterocycles. The quantitative estimate of drug-likeness (QED) is 0.769. The van der Waals surface area contributed by atoms with Crippen molar-refractivity contribution >= 4 is 16.9 Å². The number of nitriles is 1. The third kappa shape index (κ3) is 2.79. The van der Waals surface area contributed by atoms with E-state index in [1.54, 1.807) is 13.0 Å². The Kier molecular flexibility index (Phi) is 3.91. The van der Waals surface area contributed by atoms with Gasteiger partial charge in [-0.1, -0.05) is 0 Å². The van der Waals surface area contributed by atoms with Crippen LogP contribution >= 0.6 is 0 Å². The average Bonchev–Trinajstić information content (AvgIpc) is 3.00. The third-order valence-electron chi connectivity index (χ3n) is 3.37. The van der Waals surface area contributed by atoms with E-state index in [4.69, 9.17) is 11.0 Å². The molecule has 0 aliphatic rings. The number of pyridine rings is 2. The van der Waals surface area contributed by atoms with Gasteiger partial charge in [-0.3, -0.25) is 0 Å². The minimum Gasteiger partial charge on any atom is -0.415 e. The van der Waals surface area contributed by atoms with Gasteiger partial charge in [0.1, 0.15) is 11.6 Å². The van der Waals surface area contributed by atoms with E-state index >= 15 is 0 Å². The molecule has 8 nitrogen and oxygen atoms in total. The first-order valence-corrected chi connectivity index (χ1v) is 6.70. The number of hydrogen-bond acceptors (Lipinski definition) is 8. The number of hydrogen-bond donors (Lipinski definition) is 1. The molecule has 0 saturated heterocycles. The molecule has 0 spiro atoms. The second-order valence-corrected chi connectivity index (χ2v) is 4.89. The lowest BCUT2D eigenvalue weighted by atomic mass is 10.0. The normalized spacial score (nSPS) is 11.0. The molecule has 24 heavy (non-hydrogen) atoms. The number of aryl methyl sites for hydroxylation is 1. The van der Waals surface area contributed by atoms with E-state index in [0.29, 0.717) is 33.7 Å². The fourth-order valence-electron chi connectivity index (χ4n) is 2.27. The highest BCUT2D eigenvalue weighted by Crippen LogP contribution is 2.27. The number of anilines is 1. The molecule has 0 amide bonds. The van der Waals surface area contributed by atoms with Gasteiger partial charge in [0.2, 0.25) is 11.5 Å². The van der Waals surface area contributed by atoms with Gasteiger partial charge in [0, 0.05) is 23.9 Å². The number of nitrogen functional groups attached to an aromatic ring is 1. The summed E-state index contributed by atoms with van der Waals surface area (Å²) in [5, 5.41) is 16.4. The zero-order chi connectivity index (χ0) is 17.3. The van der Waals surface area contributed by atoms with E-state index in [-0.39, 0.29) is 12.0 Å². The molecule has 122 valence electrons. The largest absolute Gasteiger partial charge is 0.415 e. The highest BCUT2D eigenvalue weighted by molar-refractivity contribution is 5.85. The number of ether oxygens (including phenoxy) is 1. The predicted molar refractivity (Wildman–Crippen MR) is 77.1 cm³/mol. The summed E-state index contributed by atoms with van der Waals surface area (Å²) in [6.07, 6.45) is 1.62. The molecule has 10 heteroatoms. The lowest BCUT2D eigenvalue weighted by molar-refractivity contribution is -0.0530. The van der Waals surface area contributed by atoms with E-state index in [2.05, 4.69) is 29.6 Å². The van der Waals surface area contributed by atoms with Gasteiger partial charge >= 0.3 is 6.61 Å². The van der Waals surface area contributed by atoms with Crippen LogP contribution in [-0.4, -0.2) is 26.9 Å². The van der Waals surface area contributed by atoms with Gasteiger partial charge in [-0.05, 0) is 28.9 Å². The number of nitrogens with two attached hydrogens (primary N) is 1. The van der Waals surface area contributed by atoms with Gasteiger partial charge in [0.25, 0.3) is 0 Å². The Balaban J connectivity index is 1.98. The fraction of sp³-hybridized carbons (Fsp3) is 0.214. The van der Waals surface area contributed by atoms with Crippen LogP contribution in [0, 0.1) is 18.3 Å². The zero-order valence-corrected chi connectivity index (χ0v) is 12.3. The molecule has 3 heterocycles. The van der Waals surface area contributed by atoms with Crippen molar-refractivity contribution in [2.45, 2.75) is 20.0 Å². The second kappa shape index (κ2) is 6.04. The molecule has 0 aliphatic heterocycles. The van der Waals surface area contributed by atoms with Crippen LogP contribution in [0.2, 0.25) is 0 Å². The van der Waals surface area contributed by atoms with Crippen LogP contribution < -0.4 is 10.5 Å². The molecule has 0 aromatic carbocycles. The Labute approximate surface area is 133 Å². The number of alkyl halides is 2. The number of rotatable bonds is 4. The maximum atomic E-state index is 12.3. The molecule has 0 fully saturated rings. The average molecular weight is 332 g/mol. The molecule has 0 unspecified atom stereocenters. The summed E-state index contributed by atoms with van der Waals surface area (Å²) >= 11 is 0. The van der Waals surface area contributed by atoms with Crippen molar-refractivity contribution in [3.05, 3.63) is 34.6 Å². The van der Waals surface area contributed by atoms with Gasteiger partial charge < -0.3 is 10.5 Å². The van der Waals surface area contributed by atoms with Gasteiger partial charge in [-0.25, -0.2) is 14.6 Å².